The Kier molecular flexibility index (Phi) is 7.64. The Balaban J connectivity index is 2.20. The SMILES string of the molecule is NC[C@@H](O)CNS(=O)(=O)c1ccc(N2CC[C@H](CN)[C@@H](O)C2)c(-c2nn[nH]n2)c1S(N)(=O)=O. The molecular weight excluding hydrogens is 478 g/mol. The van der Waals surface area contributed by atoms with Gasteiger partial charge in [0.1, 0.15) is 9.79 Å². The van der Waals surface area contributed by atoms with Gasteiger partial charge in [0.2, 0.25) is 25.9 Å². The molecule has 0 unspecified atom stereocenters. The van der Waals surface area contributed by atoms with E-state index in [1.807, 2.05) is 0 Å². The van der Waals surface area contributed by atoms with Gasteiger partial charge in [0.05, 0.1) is 17.8 Å². The second-order valence-corrected chi connectivity index (χ2v) is 10.8. The van der Waals surface area contributed by atoms with Crippen molar-refractivity contribution in [2.75, 3.05) is 37.6 Å². The van der Waals surface area contributed by atoms with Gasteiger partial charge in [-0.05, 0) is 30.3 Å². The number of nitrogens with zero attached hydrogens (tertiary/aromatic N) is 4. The first-order valence-corrected chi connectivity index (χ1v) is 13.0. The molecule has 1 aromatic heterocycles. The van der Waals surface area contributed by atoms with Crippen LogP contribution in [-0.4, -0.2) is 92.6 Å². The zero-order valence-corrected chi connectivity index (χ0v) is 19.1. The van der Waals surface area contributed by atoms with Gasteiger partial charge >= 0.3 is 0 Å². The molecule has 2 aromatic rings. The number of rotatable bonds is 9. The largest absolute Gasteiger partial charge is 0.391 e. The van der Waals surface area contributed by atoms with Crippen molar-refractivity contribution < 1.29 is 27.0 Å². The van der Waals surface area contributed by atoms with Crippen molar-refractivity contribution in [3.05, 3.63) is 12.1 Å². The van der Waals surface area contributed by atoms with E-state index >= 15 is 0 Å². The number of aromatic nitrogens is 4. The first-order valence-electron chi connectivity index (χ1n) is 9.94. The summed E-state index contributed by atoms with van der Waals surface area (Å²) in [6.45, 7) is 0.150. The van der Waals surface area contributed by atoms with Crippen molar-refractivity contribution in [3.8, 4) is 11.4 Å². The van der Waals surface area contributed by atoms with Crippen molar-refractivity contribution in [1.82, 2.24) is 25.3 Å². The van der Waals surface area contributed by atoms with Crippen molar-refractivity contribution in [2.24, 2.45) is 22.5 Å². The maximum atomic E-state index is 12.9. The van der Waals surface area contributed by atoms with Crippen molar-refractivity contribution in [3.63, 3.8) is 0 Å². The van der Waals surface area contributed by atoms with Crippen molar-refractivity contribution in [1.29, 1.82) is 0 Å². The minimum absolute atomic E-state index is 0.115. The summed E-state index contributed by atoms with van der Waals surface area (Å²) in [6, 6.07) is 2.46. The van der Waals surface area contributed by atoms with E-state index in [0.717, 1.165) is 6.07 Å². The third kappa shape index (κ3) is 5.46. The molecule has 33 heavy (non-hydrogen) atoms. The summed E-state index contributed by atoms with van der Waals surface area (Å²) >= 11 is 0. The minimum atomic E-state index is -4.64. The molecule has 1 aliphatic heterocycles. The first kappa shape index (κ1) is 25.4. The molecule has 3 rings (SSSR count). The van der Waals surface area contributed by atoms with Crippen LogP contribution in [0.4, 0.5) is 5.69 Å². The summed E-state index contributed by atoms with van der Waals surface area (Å²) in [7, 11) is -9.10. The van der Waals surface area contributed by atoms with Gasteiger partial charge in [0.25, 0.3) is 0 Å². The standard InChI is InChI=1S/C16H27N9O6S2/c17-5-9-3-4-25(8-12(9)27)11-1-2-13(33(30,31)20-7-10(26)6-18)15(32(19,28)29)14(11)16-21-23-24-22-16/h1-2,9-10,12,20,26-27H,3-8,17-18H2,(H2,19,28,29)(H,21,22,23,24)/t9-,10-,12+/m1/s1. The first-order chi connectivity index (χ1) is 15.5. The fourth-order valence-corrected chi connectivity index (χ4v) is 6.30. The number of nitrogens with two attached hydrogens (primary N) is 3. The van der Waals surface area contributed by atoms with Gasteiger partial charge in [-0.25, -0.2) is 26.7 Å². The number of benzene rings is 1. The van der Waals surface area contributed by atoms with Crippen LogP contribution in [0.25, 0.3) is 11.4 Å². The molecule has 0 radical (unpaired) electrons. The number of aromatic amines is 1. The Morgan fingerprint density at radius 2 is 2.00 bits per heavy atom. The molecule has 2 heterocycles. The highest BCUT2D eigenvalue weighted by atomic mass is 32.2. The van der Waals surface area contributed by atoms with Gasteiger partial charge in [0, 0.05) is 37.8 Å². The van der Waals surface area contributed by atoms with E-state index in [0.29, 0.717) is 13.0 Å². The number of tetrazole rings is 1. The maximum absolute atomic E-state index is 12.9. The number of hydrogen-bond donors (Lipinski definition) is 7. The van der Waals surface area contributed by atoms with Gasteiger partial charge in [-0.3, -0.25) is 0 Å². The molecule has 184 valence electrons. The minimum Gasteiger partial charge on any atom is -0.391 e. The summed E-state index contributed by atoms with van der Waals surface area (Å²) in [4.78, 5) is 0.279. The Labute approximate surface area is 190 Å². The summed E-state index contributed by atoms with van der Waals surface area (Å²) in [5, 5.41) is 38.8. The molecule has 10 N–H and O–H groups in total. The van der Waals surface area contributed by atoms with E-state index in [1.165, 1.54) is 6.07 Å². The van der Waals surface area contributed by atoms with Crippen LogP contribution in [0.15, 0.2) is 21.9 Å². The van der Waals surface area contributed by atoms with E-state index in [1.54, 1.807) is 4.90 Å². The molecule has 0 aliphatic carbocycles. The summed E-state index contributed by atoms with van der Waals surface area (Å²) in [5.41, 5.74) is 11.0. The fourth-order valence-electron chi connectivity index (χ4n) is 3.64. The van der Waals surface area contributed by atoms with Crippen LogP contribution in [0.2, 0.25) is 0 Å². The molecule has 1 aromatic carbocycles. The Bertz CT molecular complexity index is 1170. The highest BCUT2D eigenvalue weighted by molar-refractivity contribution is 7.92. The van der Waals surface area contributed by atoms with Crippen LogP contribution in [-0.2, 0) is 20.0 Å². The number of H-pyrrole nitrogens is 1. The average Bonchev–Trinajstić information content (AvgIpc) is 3.30. The average molecular weight is 506 g/mol. The molecular formula is C16H27N9O6S2. The van der Waals surface area contributed by atoms with E-state index in [-0.39, 0.29) is 42.6 Å². The number of sulfonamides is 2. The number of primary sulfonamides is 1. The van der Waals surface area contributed by atoms with Gasteiger partial charge in [-0.15, -0.1) is 10.2 Å². The van der Waals surface area contributed by atoms with Gasteiger partial charge in [-0.2, -0.15) is 5.21 Å². The van der Waals surface area contributed by atoms with E-state index in [9.17, 15) is 27.0 Å². The number of β-amino-alcohol motifs (C(OH)–C–C–N with tert-alkyl or cyclic N) is 1. The molecule has 17 heteroatoms. The topological polar surface area (TPSA) is 257 Å². The Morgan fingerprint density at radius 1 is 1.27 bits per heavy atom. The maximum Gasteiger partial charge on any atom is 0.242 e. The Hall–Kier alpha value is -2.25. The number of aliphatic hydroxyl groups excluding tert-OH is 2. The lowest BCUT2D eigenvalue weighted by Crippen LogP contribution is -2.46. The smallest absolute Gasteiger partial charge is 0.242 e. The van der Waals surface area contributed by atoms with Crippen LogP contribution in [0.5, 0.6) is 0 Å². The monoisotopic (exact) mass is 505 g/mol. The van der Waals surface area contributed by atoms with Crippen LogP contribution in [0, 0.1) is 5.92 Å². The number of hydrogen-bond acceptors (Lipinski definition) is 12. The lowest BCUT2D eigenvalue weighted by molar-refractivity contribution is 0.0974. The predicted molar refractivity (Wildman–Crippen MR) is 117 cm³/mol. The molecule has 1 aliphatic rings. The second-order valence-electron chi connectivity index (χ2n) is 7.61. The molecule has 15 nitrogen and oxygen atoms in total. The van der Waals surface area contributed by atoms with Crippen LogP contribution in [0.3, 0.4) is 0 Å². The number of anilines is 1. The Morgan fingerprint density at radius 3 is 2.55 bits per heavy atom. The fraction of sp³-hybridized carbons (Fsp3) is 0.562. The summed E-state index contributed by atoms with van der Waals surface area (Å²) < 4.78 is 53.3. The lowest BCUT2D eigenvalue weighted by atomic mass is 9.93. The molecule has 0 saturated carbocycles. The number of aliphatic hydroxyl groups is 2. The van der Waals surface area contributed by atoms with E-state index in [2.05, 4.69) is 25.3 Å². The molecule has 1 fully saturated rings. The van der Waals surface area contributed by atoms with E-state index < -0.39 is 48.6 Å². The normalized spacial score (nSPS) is 20.7. The third-order valence-corrected chi connectivity index (χ3v) is 7.98. The number of piperidine rings is 1. The third-order valence-electron chi connectivity index (χ3n) is 5.39. The summed E-state index contributed by atoms with van der Waals surface area (Å²) in [6.07, 6.45) is -1.45. The van der Waals surface area contributed by atoms with Gasteiger partial charge in [-0.1, -0.05) is 0 Å². The van der Waals surface area contributed by atoms with E-state index in [4.69, 9.17) is 16.6 Å². The molecule has 0 amide bonds. The predicted octanol–water partition coefficient (Wildman–Crippen LogP) is -3.74. The van der Waals surface area contributed by atoms with Gasteiger partial charge in [0.15, 0.2) is 0 Å². The zero-order chi connectivity index (χ0) is 24.4. The van der Waals surface area contributed by atoms with Crippen molar-refractivity contribution >= 4 is 25.7 Å². The van der Waals surface area contributed by atoms with Crippen molar-refractivity contribution in [2.45, 2.75) is 28.4 Å². The summed E-state index contributed by atoms with van der Waals surface area (Å²) in [5.74, 6) is -0.339. The van der Waals surface area contributed by atoms with Crippen LogP contribution < -0.4 is 26.2 Å². The zero-order valence-electron chi connectivity index (χ0n) is 17.5. The highest BCUT2D eigenvalue weighted by Crippen LogP contribution is 2.39. The molecule has 1 saturated heterocycles. The highest BCUT2D eigenvalue weighted by Gasteiger charge is 2.35. The molecule has 3 atom stereocenters. The lowest BCUT2D eigenvalue weighted by Gasteiger charge is -2.37. The molecule has 0 bridgehead atoms. The molecule has 0 spiro atoms. The van der Waals surface area contributed by atoms with Crippen LogP contribution >= 0.6 is 0 Å². The quantitative estimate of drug-likeness (QED) is 0.173. The van der Waals surface area contributed by atoms with Crippen LogP contribution in [0.1, 0.15) is 6.42 Å². The number of nitrogens with one attached hydrogen (secondary N) is 2. The van der Waals surface area contributed by atoms with Gasteiger partial charge < -0.3 is 26.6 Å². The second kappa shape index (κ2) is 9.94.